The van der Waals surface area contributed by atoms with Crippen LogP contribution >= 0.6 is 0 Å². The summed E-state index contributed by atoms with van der Waals surface area (Å²) in [5, 5.41) is 3.69. The minimum atomic E-state index is 0.198. The summed E-state index contributed by atoms with van der Waals surface area (Å²) >= 11 is 0. The fraction of sp³-hybridized carbons (Fsp3) is 0.429. The van der Waals surface area contributed by atoms with Gasteiger partial charge in [-0.2, -0.15) is 0 Å². The molecule has 1 N–H and O–H groups in total. The predicted octanol–water partition coefficient (Wildman–Crippen LogP) is 4.57. The molecule has 1 saturated carbocycles. The standard InChI is InChI=1S/C21H27NO2/c1-2-23-20-14-8-9-15-21(20)24-19-13-7-6-12-18(19)22-16-17-10-4-3-5-11-17/h3-5,8-11,14-15,18-19,22H,2,6-7,12-13,16H2,1H3/t18-,19-/m0/s1. The smallest absolute Gasteiger partial charge is 0.161 e. The van der Waals surface area contributed by atoms with Crippen LogP contribution in [0.25, 0.3) is 0 Å². The van der Waals surface area contributed by atoms with Crippen LogP contribution < -0.4 is 14.8 Å². The van der Waals surface area contributed by atoms with Gasteiger partial charge in [-0.05, 0) is 43.9 Å². The lowest BCUT2D eigenvalue weighted by Gasteiger charge is -2.33. The molecule has 3 rings (SSSR count). The van der Waals surface area contributed by atoms with E-state index in [4.69, 9.17) is 9.47 Å². The van der Waals surface area contributed by atoms with Crippen molar-refractivity contribution >= 4 is 0 Å². The summed E-state index contributed by atoms with van der Waals surface area (Å²) in [5.74, 6) is 1.70. The topological polar surface area (TPSA) is 30.5 Å². The summed E-state index contributed by atoms with van der Waals surface area (Å²) in [7, 11) is 0. The second kappa shape index (κ2) is 8.74. The Morgan fingerprint density at radius 1 is 0.917 bits per heavy atom. The van der Waals surface area contributed by atoms with Gasteiger partial charge in [0, 0.05) is 12.6 Å². The Hall–Kier alpha value is -2.00. The van der Waals surface area contributed by atoms with Gasteiger partial charge in [0.2, 0.25) is 0 Å². The molecule has 1 fully saturated rings. The molecule has 2 atom stereocenters. The number of hydrogen-bond acceptors (Lipinski definition) is 3. The van der Waals surface area contributed by atoms with Gasteiger partial charge >= 0.3 is 0 Å². The third-order valence-corrected chi connectivity index (χ3v) is 4.54. The maximum Gasteiger partial charge on any atom is 0.161 e. The van der Waals surface area contributed by atoms with E-state index >= 15 is 0 Å². The highest BCUT2D eigenvalue weighted by atomic mass is 16.5. The van der Waals surface area contributed by atoms with E-state index in [2.05, 4.69) is 35.6 Å². The second-order valence-electron chi connectivity index (χ2n) is 6.29. The number of nitrogens with one attached hydrogen (secondary N) is 1. The Kier molecular flexibility index (Phi) is 6.13. The van der Waals surface area contributed by atoms with Crippen molar-refractivity contribution in [3.63, 3.8) is 0 Å². The molecule has 0 saturated heterocycles. The molecule has 0 aliphatic heterocycles. The zero-order chi connectivity index (χ0) is 16.6. The molecule has 0 amide bonds. The highest BCUT2D eigenvalue weighted by Gasteiger charge is 2.27. The molecule has 2 aromatic rings. The molecule has 0 unspecified atom stereocenters. The van der Waals surface area contributed by atoms with Gasteiger partial charge in [0.15, 0.2) is 11.5 Å². The zero-order valence-corrected chi connectivity index (χ0v) is 14.4. The fourth-order valence-corrected chi connectivity index (χ4v) is 3.30. The Bertz CT molecular complexity index is 614. The zero-order valence-electron chi connectivity index (χ0n) is 14.4. The van der Waals surface area contributed by atoms with E-state index < -0.39 is 0 Å². The molecule has 128 valence electrons. The van der Waals surface area contributed by atoms with Crippen molar-refractivity contribution in [1.82, 2.24) is 5.32 Å². The number of para-hydroxylation sites is 2. The van der Waals surface area contributed by atoms with Crippen LogP contribution in [0.5, 0.6) is 11.5 Å². The molecule has 3 heteroatoms. The van der Waals surface area contributed by atoms with Gasteiger partial charge in [-0.25, -0.2) is 0 Å². The van der Waals surface area contributed by atoms with Gasteiger partial charge in [0.05, 0.1) is 6.61 Å². The van der Waals surface area contributed by atoms with E-state index in [1.807, 2.05) is 31.2 Å². The van der Waals surface area contributed by atoms with E-state index in [-0.39, 0.29) is 6.10 Å². The average molecular weight is 325 g/mol. The van der Waals surface area contributed by atoms with Crippen LogP contribution in [-0.2, 0) is 6.54 Å². The number of hydrogen-bond donors (Lipinski definition) is 1. The summed E-state index contributed by atoms with van der Waals surface area (Å²) in [6, 6.07) is 18.9. The van der Waals surface area contributed by atoms with Crippen molar-refractivity contribution in [1.29, 1.82) is 0 Å². The highest BCUT2D eigenvalue weighted by Crippen LogP contribution is 2.31. The van der Waals surface area contributed by atoms with Gasteiger partial charge in [0.25, 0.3) is 0 Å². The number of benzene rings is 2. The van der Waals surface area contributed by atoms with Crippen molar-refractivity contribution in [3.05, 3.63) is 60.2 Å². The van der Waals surface area contributed by atoms with Crippen LogP contribution in [0.1, 0.15) is 38.2 Å². The molecule has 1 aliphatic rings. The molecular weight excluding hydrogens is 298 g/mol. The van der Waals surface area contributed by atoms with Crippen LogP contribution in [0, 0.1) is 0 Å². The maximum absolute atomic E-state index is 6.35. The minimum Gasteiger partial charge on any atom is -0.490 e. The van der Waals surface area contributed by atoms with Crippen LogP contribution in [0.3, 0.4) is 0 Å². The van der Waals surface area contributed by atoms with Crippen LogP contribution in [-0.4, -0.2) is 18.8 Å². The third-order valence-electron chi connectivity index (χ3n) is 4.54. The molecule has 0 heterocycles. The van der Waals surface area contributed by atoms with Crippen molar-refractivity contribution < 1.29 is 9.47 Å². The first-order valence-electron chi connectivity index (χ1n) is 9.02. The van der Waals surface area contributed by atoms with Crippen molar-refractivity contribution in [3.8, 4) is 11.5 Å². The fourth-order valence-electron chi connectivity index (χ4n) is 3.30. The van der Waals surface area contributed by atoms with E-state index in [1.54, 1.807) is 0 Å². The first-order valence-corrected chi connectivity index (χ1v) is 9.02. The summed E-state index contributed by atoms with van der Waals surface area (Å²) < 4.78 is 12.1. The van der Waals surface area contributed by atoms with Gasteiger partial charge in [0.1, 0.15) is 6.10 Å². The summed E-state index contributed by atoms with van der Waals surface area (Å²) in [6.45, 7) is 3.54. The van der Waals surface area contributed by atoms with E-state index in [0.717, 1.165) is 30.9 Å². The van der Waals surface area contributed by atoms with Crippen molar-refractivity contribution in [2.75, 3.05) is 6.61 Å². The Morgan fingerprint density at radius 3 is 2.42 bits per heavy atom. The minimum absolute atomic E-state index is 0.198. The third kappa shape index (κ3) is 4.51. The monoisotopic (exact) mass is 325 g/mol. The average Bonchev–Trinajstić information content (AvgIpc) is 2.64. The summed E-state index contributed by atoms with van der Waals surface area (Å²) in [6.07, 6.45) is 4.94. The first kappa shape index (κ1) is 16.8. The number of rotatable bonds is 7. The molecule has 1 aliphatic carbocycles. The molecule has 0 aromatic heterocycles. The molecular formula is C21H27NO2. The molecule has 0 spiro atoms. The summed E-state index contributed by atoms with van der Waals surface area (Å²) in [4.78, 5) is 0. The Balaban J connectivity index is 1.64. The lowest BCUT2D eigenvalue weighted by molar-refractivity contribution is 0.108. The quantitative estimate of drug-likeness (QED) is 0.809. The molecule has 0 radical (unpaired) electrons. The van der Waals surface area contributed by atoms with Crippen LogP contribution in [0.15, 0.2) is 54.6 Å². The first-order chi connectivity index (χ1) is 11.9. The second-order valence-corrected chi connectivity index (χ2v) is 6.29. The van der Waals surface area contributed by atoms with Gasteiger partial charge < -0.3 is 14.8 Å². The van der Waals surface area contributed by atoms with E-state index in [9.17, 15) is 0 Å². The highest BCUT2D eigenvalue weighted by molar-refractivity contribution is 5.39. The molecule has 24 heavy (non-hydrogen) atoms. The van der Waals surface area contributed by atoms with Crippen molar-refractivity contribution in [2.24, 2.45) is 0 Å². The van der Waals surface area contributed by atoms with Gasteiger partial charge in [-0.15, -0.1) is 0 Å². The summed E-state index contributed by atoms with van der Waals surface area (Å²) in [5.41, 5.74) is 1.32. The molecule has 2 aromatic carbocycles. The molecule has 3 nitrogen and oxygen atoms in total. The normalized spacial score (nSPS) is 20.5. The Morgan fingerprint density at radius 2 is 1.62 bits per heavy atom. The van der Waals surface area contributed by atoms with Gasteiger partial charge in [-0.1, -0.05) is 48.9 Å². The maximum atomic E-state index is 6.35. The van der Waals surface area contributed by atoms with E-state index in [1.165, 1.54) is 18.4 Å². The van der Waals surface area contributed by atoms with Crippen molar-refractivity contribution in [2.45, 2.75) is 51.3 Å². The largest absolute Gasteiger partial charge is 0.490 e. The van der Waals surface area contributed by atoms with Crippen LogP contribution in [0.2, 0.25) is 0 Å². The van der Waals surface area contributed by atoms with Gasteiger partial charge in [-0.3, -0.25) is 0 Å². The Labute approximate surface area is 145 Å². The van der Waals surface area contributed by atoms with Crippen LogP contribution in [0.4, 0.5) is 0 Å². The lowest BCUT2D eigenvalue weighted by Crippen LogP contribution is -2.44. The van der Waals surface area contributed by atoms with E-state index in [0.29, 0.717) is 12.6 Å². The lowest BCUT2D eigenvalue weighted by atomic mass is 9.92. The molecule has 0 bridgehead atoms. The number of ether oxygens (including phenoxy) is 2. The predicted molar refractivity (Wildman–Crippen MR) is 97.6 cm³/mol. The SMILES string of the molecule is CCOc1ccccc1O[C@H]1CCCC[C@@H]1NCc1ccccc1.